The van der Waals surface area contributed by atoms with E-state index in [1.165, 1.54) is 12.8 Å². The number of anilines is 1. The highest BCUT2D eigenvalue weighted by molar-refractivity contribution is 5.69. The van der Waals surface area contributed by atoms with E-state index in [9.17, 15) is 0 Å². The summed E-state index contributed by atoms with van der Waals surface area (Å²) in [5.74, 6) is 1.06. The third-order valence-corrected chi connectivity index (χ3v) is 4.31. The van der Waals surface area contributed by atoms with Crippen LogP contribution in [0.2, 0.25) is 0 Å². The second-order valence-electron chi connectivity index (χ2n) is 5.66. The zero-order valence-electron chi connectivity index (χ0n) is 11.7. The lowest BCUT2D eigenvalue weighted by Crippen LogP contribution is -2.42. The summed E-state index contributed by atoms with van der Waals surface area (Å²) in [7, 11) is 0. The largest absolute Gasteiger partial charge is 0.398 e. The molecule has 2 saturated heterocycles. The molecule has 2 aromatic rings. The number of ether oxygens (including phenoxy) is 1. The van der Waals surface area contributed by atoms with E-state index in [2.05, 4.69) is 15.0 Å². The van der Waals surface area contributed by atoms with Crippen molar-refractivity contribution in [3.8, 4) is 11.5 Å². The van der Waals surface area contributed by atoms with Crippen LogP contribution < -0.4 is 5.73 Å². The van der Waals surface area contributed by atoms with E-state index in [0.717, 1.165) is 25.3 Å². The number of para-hydroxylation sites is 1. The quantitative estimate of drug-likeness (QED) is 0.849. The zero-order chi connectivity index (χ0) is 14.2. The predicted molar refractivity (Wildman–Crippen MR) is 77.4 cm³/mol. The van der Waals surface area contributed by atoms with Gasteiger partial charge in [0.1, 0.15) is 6.10 Å². The third-order valence-electron chi connectivity index (χ3n) is 4.31. The van der Waals surface area contributed by atoms with E-state index >= 15 is 0 Å². The Balaban J connectivity index is 1.56. The van der Waals surface area contributed by atoms with Crippen molar-refractivity contribution in [1.82, 2.24) is 15.0 Å². The van der Waals surface area contributed by atoms with Gasteiger partial charge < -0.3 is 15.0 Å². The van der Waals surface area contributed by atoms with Crippen molar-refractivity contribution < 1.29 is 9.26 Å². The number of nitrogens with zero attached hydrogens (tertiary/aromatic N) is 3. The van der Waals surface area contributed by atoms with Crippen molar-refractivity contribution in [2.24, 2.45) is 0 Å². The first-order chi connectivity index (χ1) is 10.3. The molecule has 0 amide bonds. The molecular formula is C15H18N4O2. The molecule has 2 aliphatic heterocycles. The lowest BCUT2D eigenvalue weighted by Gasteiger charge is -2.33. The summed E-state index contributed by atoms with van der Waals surface area (Å²) in [6, 6.07) is 8.06. The van der Waals surface area contributed by atoms with E-state index < -0.39 is 0 Å². The number of aromatic nitrogens is 2. The number of rotatable bonds is 2. The van der Waals surface area contributed by atoms with Crippen molar-refractivity contribution >= 4 is 5.69 Å². The fraction of sp³-hybridized carbons (Fsp3) is 0.467. The van der Waals surface area contributed by atoms with Gasteiger partial charge in [-0.25, -0.2) is 0 Å². The van der Waals surface area contributed by atoms with Gasteiger partial charge in [0.05, 0.1) is 12.2 Å². The predicted octanol–water partition coefficient (Wildman–Crippen LogP) is 1.85. The smallest absolute Gasteiger partial charge is 0.260 e. The van der Waals surface area contributed by atoms with Crippen molar-refractivity contribution in [2.45, 2.75) is 25.0 Å². The zero-order valence-corrected chi connectivity index (χ0v) is 11.7. The van der Waals surface area contributed by atoms with Crippen molar-refractivity contribution in [3.63, 3.8) is 0 Å². The minimum Gasteiger partial charge on any atom is -0.398 e. The molecule has 0 aliphatic carbocycles. The molecule has 6 nitrogen and oxygen atoms in total. The second kappa shape index (κ2) is 5.13. The minimum atomic E-state index is -0.109. The van der Waals surface area contributed by atoms with Crippen LogP contribution in [0.15, 0.2) is 28.8 Å². The molecule has 3 heterocycles. The van der Waals surface area contributed by atoms with Crippen LogP contribution in [-0.4, -0.2) is 40.8 Å². The Morgan fingerprint density at radius 2 is 2.19 bits per heavy atom. The van der Waals surface area contributed by atoms with Gasteiger partial charge in [0.2, 0.25) is 5.82 Å². The number of benzene rings is 1. The van der Waals surface area contributed by atoms with Gasteiger partial charge in [0.15, 0.2) is 0 Å². The van der Waals surface area contributed by atoms with Crippen LogP contribution in [0.4, 0.5) is 5.69 Å². The van der Waals surface area contributed by atoms with Gasteiger partial charge in [-0.2, -0.15) is 4.98 Å². The van der Waals surface area contributed by atoms with Gasteiger partial charge in [-0.3, -0.25) is 4.90 Å². The van der Waals surface area contributed by atoms with Crippen LogP contribution in [0.3, 0.4) is 0 Å². The summed E-state index contributed by atoms with van der Waals surface area (Å²) < 4.78 is 11.3. The van der Waals surface area contributed by atoms with E-state index in [1.807, 2.05) is 24.3 Å². The van der Waals surface area contributed by atoms with Crippen molar-refractivity contribution in [2.75, 3.05) is 25.4 Å². The Morgan fingerprint density at radius 3 is 3.10 bits per heavy atom. The summed E-state index contributed by atoms with van der Waals surface area (Å²) in [6.45, 7) is 2.73. The van der Waals surface area contributed by atoms with Crippen molar-refractivity contribution in [1.29, 1.82) is 0 Å². The molecule has 2 N–H and O–H groups in total. The molecule has 0 saturated carbocycles. The molecule has 0 spiro atoms. The lowest BCUT2D eigenvalue weighted by molar-refractivity contribution is -0.0548. The number of morpholine rings is 1. The Labute approximate surface area is 122 Å². The molecule has 0 bridgehead atoms. The molecule has 1 aromatic heterocycles. The van der Waals surface area contributed by atoms with Gasteiger partial charge in [-0.15, -0.1) is 0 Å². The number of hydrogen-bond donors (Lipinski definition) is 1. The van der Waals surface area contributed by atoms with E-state index in [0.29, 0.717) is 23.4 Å². The molecule has 0 radical (unpaired) electrons. The Morgan fingerprint density at radius 1 is 1.29 bits per heavy atom. The number of nitrogen functional groups attached to an aromatic ring is 1. The number of hydrogen-bond acceptors (Lipinski definition) is 6. The minimum absolute atomic E-state index is 0.109. The highest BCUT2D eigenvalue weighted by Gasteiger charge is 2.35. The average molecular weight is 286 g/mol. The summed E-state index contributed by atoms with van der Waals surface area (Å²) in [4.78, 5) is 6.93. The summed E-state index contributed by atoms with van der Waals surface area (Å²) >= 11 is 0. The molecular weight excluding hydrogens is 268 g/mol. The molecule has 1 aromatic carbocycles. The third kappa shape index (κ3) is 2.30. The highest BCUT2D eigenvalue weighted by Crippen LogP contribution is 2.30. The molecule has 2 fully saturated rings. The van der Waals surface area contributed by atoms with Crippen LogP contribution in [0.1, 0.15) is 24.8 Å². The average Bonchev–Trinajstić information content (AvgIpc) is 3.16. The van der Waals surface area contributed by atoms with E-state index in [4.69, 9.17) is 15.0 Å². The fourth-order valence-electron chi connectivity index (χ4n) is 3.14. The van der Waals surface area contributed by atoms with E-state index in [1.54, 1.807) is 0 Å². The summed E-state index contributed by atoms with van der Waals surface area (Å²) in [6.07, 6.45) is 2.37. The highest BCUT2D eigenvalue weighted by atomic mass is 16.5. The Hall–Kier alpha value is -1.92. The molecule has 110 valence electrons. The molecule has 21 heavy (non-hydrogen) atoms. The van der Waals surface area contributed by atoms with Crippen LogP contribution in [0.25, 0.3) is 11.5 Å². The van der Waals surface area contributed by atoms with Gasteiger partial charge in [0, 0.05) is 18.3 Å². The van der Waals surface area contributed by atoms with Gasteiger partial charge >= 0.3 is 0 Å². The van der Waals surface area contributed by atoms with Crippen molar-refractivity contribution in [3.05, 3.63) is 30.1 Å². The fourth-order valence-corrected chi connectivity index (χ4v) is 3.14. The summed E-state index contributed by atoms with van der Waals surface area (Å²) in [5, 5.41) is 4.08. The summed E-state index contributed by atoms with van der Waals surface area (Å²) in [5.41, 5.74) is 7.35. The SMILES string of the molecule is Nc1ccccc1-c1nc(C2CN3CCCC3CO2)no1. The monoisotopic (exact) mass is 286 g/mol. The molecule has 2 unspecified atom stereocenters. The Kier molecular flexibility index (Phi) is 3.12. The Bertz CT molecular complexity index is 642. The van der Waals surface area contributed by atoms with Crippen LogP contribution in [0, 0.1) is 0 Å². The maximum absolute atomic E-state index is 5.94. The lowest BCUT2D eigenvalue weighted by atomic mass is 10.1. The first-order valence-corrected chi connectivity index (χ1v) is 7.35. The maximum Gasteiger partial charge on any atom is 0.260 e. The molecule has 2 atom stereocenters. The number of nitrogens with two attached hydrogens (primary N) is 1. The van der Waals surface area contributed by atoms with Crippen LogP contribution >= 0.6 is 0 Å². The first kappa shape index (κ1) is 12.8. The van der Waals surface area contributed by atoms with Crippen LogP contribution in [-0.2, 0) is 4.74 Å². The van der Waals surface area contributed by atoms with Gasteiger partial charge in [-0.1, -0.05) is 17.3 Å². The standard InChI is InChI=1S/C15H18N4O2/c16-12-6-2-1-5-11(12)15-17-14(18-21-15)13-8-19-7-3-4-10(19)9-20-13/h1-2,5-6,10,13H,3-4,7-9,16H2. The van der Waals surface area contributed by atoms with Gasteiger partial charge in [0.25, 0.3) is 5.89 Å². The van der Waals surface area contributed by atoms with Crippen LogP contribution in [0.5, 0.6) is 0 Å². The van der Waals surface area contributed by atoms with E-state index in [-0.39, 0.29) is 6.10 Å². The maximum atomic E-state index is 5.94. The molecule has 6 heteroatoms. The number of fused-ring (bicyclic) bond motifs is 1. The topological polar surface area (TPSA) is 77.4 Å². The van der Waals surface area contributed by atoms with Gasteiger partial charge in [-0.05, 0) is 31.5 Å². The molecule has 4 rings (SSSR count). The second-order valence-corrected chi connectivity index (χ2v) is 5.66. The molecule has 2 aliphatic rings. The first-order valence-electron chi connectivity index (χ1n) is 7.35. The normalized spacial score (nSPS) is 25.9.